The van der Waals surface area contributed by atoms with E-state index in [-0.39, 0.29) is 39.6 Å². The maximum atomic E-state index is 12.3. The Bertz CT molecular complexity index is 2220. The second kappa shape index (κ2) is 25.1. The predicted octanol–water partition coefficient (Wildman–Crippen LogP) is 8.60. The maximum absolute atomic E-state index is 12.3. The SMILES string of the molecule is CO[C@H]1O[C@H](CO[C@H]2O[C@H](COCc3ccccc3)[C@@H](OCc3ccccc3)[C@@H](OCc3ccccc3)[C@@H]2O)[C@@H](OCc2ccccc2)[C@H](OCc2ccccc2)[C@H]1OCc1ccccc1. The van der Waals surface area contributed by atoms with Crippen LogP contribution in [0.3, 0.4) is 0 Å². The smallest absolute Gasteiger partial charge is 0.186 e. The van der Waals surface area contributed by atoms with E-state index in [0.717, 1.165) is 33.4 Å². The van der Waals surface area contributed by atoms with E-state index in [1.165, 1.54) is 0 Å². The lowest BCUT2D eigenvalue weighted by Gasteiger charge is -2.47. The van der Waals surface area contributed by atoms with Crippen molar-refractivity contribution in [3.8, 4) is 0 Å². The molecule has 6 aromatic carbocycles. The maximum Gasteiger partial charge on any atom is 0.186 e. The van der Waals surface area contributed by atoms with Gasteiger partial charge in [-0.25, -0.2) is 0 Å². The van der Waals surface area contributed by atoms with Crippen molar-refractivity contribution >= 4 is 0 Å². The van der Waals surface area contributed by atoms with Crippen LogP contribution in [0.25, 0.3) is 0 Å². The Labute approximate surface area is 388 Å². The van der Waals surface area contributed by atoms with Gasteiger partial charge >= 0.3 is 0 Å². The van der Waals surface area contributed by atoms with Gasteiger partial charge in [0, 0.05) is 7.11 Å². The van der Waals surface area contributed by atoms with Gasteiger partial charge in [0.25, 0.3) is 0 Å². The summed E-state index contributed by atoms with van der Waals surface area (Å²) in [5.41, 5.74) is 5.87. The van der Waals surface area contributed by atoms with Crippen LogP contribution >= 0.6 is 0 Å². The molecule has 0 amide bonds. The highest BCUT2D eigenvalue weighted by Gasteiger charge is 2.51. The molecule has 0 saturated carbocycles. The normalized spacial score (nSPS) is 25.4. The molecule has 0 radical (unpaired) electrons. The van der Waals surface area contributed by atoms with Crippen LogP contribution in [0.2, 0.25) is 0 Å². The molecule has 66 heavy (non-hydrogen) atoms. The molecule has 2 aliphatic heterocycles. The van der Waals surface area contributed by atoms with Crippen LogP contribution in [0, 0.1) is 0 Å². The van der Waals surface area contributed by atoms with Gasteiger partial charge in [-0.15, -0.1) is 0 Å². The Morgan fingerprint density at radius 3 is 1.08 bits per heavy atom. The highest BCUT2D eigenvalue weighted by molar-refractivity contribution is 5.18. The van der Waals surface area contributed by atoms with Crippen LogP contribution in [-0.2, 0) is 87.0 Å². The molecule has 11 nitrogen and oxygen atoms in total. The van der Waals surface area contributed by atoms with E-state index in [1.807, 2.05) is 182 Å². The molecule has 1 N–H and O–H groups in total. The molecule has 346 valence electrons. The summed E-state index contributed by atoms with van der Waals surface area (Å²) in [6.07, 6.45) is -8.50. The number of ether oxygens (including phenoxy) is 10. The van der Waals surface area contributed by atoms with Crippen LogP contribution in [-0.4, -0.2) is 86.8 Å². The summed E-state index contributed by atoms with van der Waals surface area (Å²) in [7, 11) is 1.58. The van der Waals surface area contributed by atoms with Crippen molar-refractivity contribution in [2.24, 2.45) is 0 Å². The van der Waals surface area contributed by atoms with E-state index < -0.39 is 61.4 Å². The highest BCUT2D eigenvalue weighted by Crippen LogP contribution is 2.34. The zero-order chi connectivity index (χ0) is 45.2. The zero-order valence-corrected chi connectivity index (χ0v) is 37.3. The third-order valence-corrected chi connectivity index (χ3v) is 11.7. The molecule has 0 aromatic heterocycles. The first kappa shape index (κ1) is 47.4. The summed E-state index contributed by atoms with van der Waals surface area (Å²) in [5, 5.41) is 12.3. The molecule has 8 rings (SSSR count). The molecule has 0 aliphatic carbocycles. The molecule has 2 aliphatic rings. The molecule has 0 unspecified atom stereocenters. The number of rotatable bonds is 23. The molecule has 2 fully saturated rings. The molecule has 11 heteroatoms. The molecule has 10 atom stereocenters. The van der Waals surface area contributed by atoms with Gasteiger partial charge in [0.1, 0.15) is 48.8 Å². The molecule has 2 saturated heterocycles. The largest absolute Gasteiger partial charge is 0.385 e. The van der Waals surface area contributed by atoms with Gasteiger partial charge in [0.05, 0.1) is 52.9 Å². The second-order valence-corrected chi connectivity index (χ2v) is 16.5. The summed E-state index contributed by atoms with van der Waals surface area (Å²) < 4.78 is 65.9. The Kier molecular flexibility index (Phi) is 18.0. The fourth-order valence-electron chi connectivity index (χ4n) is 8.22. The van der Waals surface area contributed by atoms with Crippen molar-refractivity contribution in [1.29, 1.82) is 0 Å². The molecule has 0 bridgehead atoms. The summed E-state index contributed by atoms with van der Waals surface area (Å²) in [6, 6.07) is 59.5. The van der Waals surface area contributed by atoms with E-state index in [1.54, 1.807) is 7.11 Å². The van der Waals surface area contributed by atoms with Gasteiger partial charge in [0.2, 0.25) is 0 Å². The minimum Gasteiger partial charge on any atom is -0.385 e. The van der Waals surface area contributed by atoms with Crippen molar-refractivity contribution in [1.82, 2.24) is 0 Å². The van der Waals surface area contributed by atoms with E-state index in [4.69, 9.17) is 47.4 Å². The summed E-state index contributed by atoms with van der Waals surface area (Å²) >= 11 is 0. The van der Waals surface area contributed by atoms with Gasteiger partial charge in [-0.05, 0) is 33.4 Å². The quantitative estimate of drug-likeness (QED) is 0.0668. The number of aliphatic hydroxyl groups excluding tert-OH is 1. The van der Waals surface area contributed by atoms with E-state index >= 15 is 0 Å². The van der Waals surface area contributed by atoms with Crippen molar-refractivity contribution in [2.45, 2.75) is 101 Å². The summed E-state index contributed by atoms with van der Waals surface area (Å²) in [4.78, 5) is 0. The Morgan fingerprint density at radius 2 is 0.667 bits per heavy atom. The standard InChI is InChI=1S/C55H60O11/c1-57-55-53(63-37-45-30-18-7-19-31-45)52(62-36-44-28-16-6-17-29-44)50(60-34-42-24-12-4-13-25-42)47(66-55)39-64-54-48(56)51(61-35-43-26-14-5-15-27-43)49(59-33-41-22-10-3-11-23-41)46(65-54)38-58-32-40-20-8-2-9-21-40/h2-31,46-56H,32-39H2,1H3/t46-,47-,48+,49-,50-,51+,52+,53-,54+,55+/m1/s1. The number of aliphatic hydroxyl groups is 1. The number of hydrogen-bond donors (Lipinski definition) is 1. The van der Waals surface area contributed by atoms with Gasteiger partial charge < -0.3 is 52.5 Å². The Hall–Kier alpha value is -5.12. The van der Waals surface area contributed by atoms with Gasteiger partial charge in [0.15, 0.2) is 12.6 Å². The van der Waals surface area contributed by atoms with Crippen LogP contribution in [0.15, 0.2) is 182 Å². The molecule has 6 aromatic rings. The number of benzene rings is 6. The van der Waals surface area contributed by atoms with Crippen molar-refractivity contribution in [3.05, 3.63) is 215 Å². The first-order chi connectivity index (χ1) is 32.6. The van der Waals surface area contributed by atoms with Crippen LogP contribution in [0.1, 0.15) is 33.4 Å². The minimum atomic E-state index is -1.28. The summed E-state index contributed by atoms with van der Waals surface area (Å²) in [6.45, 7) is 1.74. The first-order valence-electron chi connectivity index (χ1n) is 22.6. The minimum absolute atomic E-state index is 0.0732. The third kappa shape index (κ3) is 13.5. The lowest BCUT2D eigenvalue weighted by molar-refractivity contribution is -0.346. The van der Waals surface area contributed by atoms with Crippen LogP contribution < -0.4 is 0 Å². The second-order valence-electron chi connectivity index (χ2n) is 16.5. The van der Waals surface area contributed by atoms with Crippen molar-refractivity contribution in [2.75, 3.05) is 20.3 Å². The van der Waals surface area contributed by atoms with Crippen molar-refractivity contribution in [3.63, 3.8) is 0 Å². The van der Waals surface area contributed by atoms with Crippen LogP contribution in [0.5, 0.6) is 0 Å². The average Bonchev–Trinajstić information content (AvgIpc) is 3.37. The van der Waals surface area contributed by atoms with E-state index in [9.17, 15) is 5.11 Å². The monoisotopic (exact) mass is 896 g/mol. The van der Waals surface area contributed by atoms with E-state index in [0.29, 0.717) is 13.2 Å². The molecular formula is C55H60O11. The van der Waals surface area contributed by atoms with Crippen LogP contribution in [0.4, 0.5) is 0 Å². The molecular weight excluding hydrogens is 837 g/mol. The lowest BCUT2D eigenvalue weighted by Crippen LogP contribution is -2.63. The first-order valence-corrected chi connectivity index (χ1v) is 22.6. The highest BCUT2D eigenvalue weighted by atomic mass is 16.7. The predicted molar refractivity (Wildman–Crippen MR) is 247 cm³/mol. The van der Waals surface area contributed by atoms with Crippen molar-refractivity contribution < 1.29 is 52.5 Å². The Balaban J connectivity index is 1.07. The van der Waals surface area contributed by atoms with Gasteiger partial charge in [-0.2, -0.15) is 0 Å². The van der Waals surface area contributed by atoms with Gasteiger partial charge in [-0.1, -0.05) is 182 Å². The fourth-order valence-corrected chi connectivity index (χ4v) is 8.22. The topological polar surface area (TPSA) is 113 Å². The lowest BCUT2D eigenvalue weighted by atomic mass is 9.97. The molecule has 2 heterocycles. The van der Waals surface area contributed by atoms with Gasteiger partial charge in [-0.3, -0.25) is 0 Å². The zero-order valence-electron chi connectivity index (χ0n) is 37.3. The number of hydrogen-bond acceptors (Lipinski definition) is 11. The third-order valence-electron chi connectivity index (χ3n) is 11.7. The average molecular weight is 897 g/mol. The molecule has 0 spiro atoms. The van der Waals surface area contributed by atoms with E-state index in [2.05, 4.69) is 0 Å². The summed E-state index contributed by atoms with van der Waals surface area (Å²) in [5.74, 6) is 0. The number of methoxy groups -OCH3 is 1. The fraction of sp³-hybridized carbons (Fsp3) is 0.345. The Morgan fingerprint density at radius 1 is 0.348 bits per heavy atom.